The molecule has 3 rings (SSSR count). The van der Waals surface area contributed by atoms with E-state index in [9.17, 15) is 18.0 Å². The fourth-order valence-electron chi connectivity index (χ4n) is 3.06. The molecular weight excluding hydrogens is 351 g/mol. The molecule has 0 bridgehead atoms. The first-order valence-electron chi connectivity index (χ1n) is 8.17. The molecule has 26 heavy (non-hydrogen) atoms. The highest BCUT2D eigenvalue weighted by Crippen LogP contribution is 2.37. The molecule has 2 aromatic rings. The normalized spacial score (nSPS) is 20.8. The minimum atomic E-state index is -4.18. The number of nitrogen functional groups attached to an aromatic ring is 1. The Morgan fingerprint density at radius 2 is 1.96 bits per heavy atom. The van der Waals surface area contributed by atoms with Crippen molar-refractivity contribution in [1.29, 1.82) is 0 Å². The molecule has 0 unspecified atom stereocenters. The van der Waals surface area contributed by atoms with Crippen molar-refractivity contribution in [2.45, 2.75) is 44.8 Å². The number of oxazole rings is 1. The second-order valence-corrected chi connectivity index (χ2v) is 6.29. The highest BCUT2D eigenvalue weighted by Gasteiger charge is 2.41. The number of carbonyl (C=O) groups excluding carboxylic acids is 1. The Morgan fingerprint density at radius 3 is 2.54 bits per heavy atom. The summed E-state index contributed by atoms with van der Waals surface area (Å²) in [4.78, 5) is 24.7. The van der Waals surface area contributed by atoms with Gasteiger partial charge in [0, 0.05) is 6.04 Å². The number of rotatable bonds is 3. The first-order valence-corrected chi connectivity index (χ1v) is 8.17. The highest BCUT2D eigenvalue weighted by atomic mass is 19.4. The van der Waals surface area contributed by atoms with Crippen LogP contribution in [0.15, 0.2) is 16.9 Å². The summed E-state index contributed by atoms with van der Waals surface area (Å²) in [6, 6.07) is -0.339. The number of nitrogens with zero attached hydrogens (tertiary/aromatic N) is 3. The third kappa shape index (κ3) is 3.78. The van der Waals surface area contributed by atoms with Crippen molar-refractivity contribution in [3.8, 4) is 11.6 Å². The van der Waals surface area contributed by atoms with E-state index in [0.29, 0.717) is 11.4 Å². The molecule has 3 N–H and O–H groups in total. The summed E-state index contributed by atoms with van der Waals surface area (Å²) in [6.07, 6.45) is -0.838. The van der Waals surface area contributed by atoms with Crippen molar-refractivity contribution in [2.24, 2.45) is 5.92 Å². The molecule has 0 aliphatic heterocycles. The van der Waals surface area contributed by atoms with Crippen LogP contribution in [-0.4, -0.2) is 33.1 Å². The molecule has 2 heterocycles. The highest BCUT2D eigenvalue weighted by molar-refractivity contribution is 5.96. The van der Waals surface area contributed by atoms with Crippen LogP contribution in [0, 0.1) is 12.8 Å². The predicted molar refractivity (Wildman–Crippen MR) is 85.9 cm³/mol. The Morgan fingerprint density at radius 1 is 1.27 bits per heavy atom. The van der Waals surface area contributed by atoms with Gasteiger partial charge in [0.25, 0.3) is 5.91 Å². The maximum absolute atomic E-state index is 12.7. The number of hydrogen-bond acceptors (Lipinski definition) is 6. The van der Waals surface area contributed by atoms with Crippen LogP contribution in [0.1, 0.15) is 41.9 Å². The quantitative estimate of drug-likeness (QED) is 0.861. The largest absolute Gasteiger partial charge is 0.443 e. The number of aromatic nitrogens is 3. The molecule has 1 aliphatic rings. The average Bonchev–Trinajstić information content (AvgIpc) is 3.10. The standard InChI is InChI=1S/C16H18F3N5O2/c1-8-11(15-21-6-7-26-15)24-13(20)12(22-8)14(25)23-10-4-2-9(3-5-10)16(17,18)19/h6-7,9-10H,2-5H2,1H3,(H2,20,24)(H,23,25)/t9-,10-. The van der Waals surface area contributed by atoms with Crippen LogP contribution in [0.25, 0.3) is 11.6 Å². The van der Waals surface area contributed by atoms with Crippen molar-refractivity contribution in [2.75, 3.05) is 5.73 Å². The zero-order chi connectivity index (χ0) is 18.9. The lowest BCUT2D eigenvalue weighted by Crippen LogP contribution is -2.40. The number of halogens is 3. The lowest BCUT2D eigenvalue weighted by molar-refractivity contribution is -0.182. The minimum absolute atomic E-state index is 0.00225. The average molecular weight is 369 g/mol. The van der Waals surface area contributed by atoms with Gasteiger partial charge < -0.3 is 15.5 Å². The zero-order valence-electron chi connectivity index (χ0n) is 14.0. The van der Waals surface area contributed by atoms with Gasteiger partial charge in [-0.15, -0.1) is 0 Å². The third-order valence-electron chi connectivity index (χ3n) is 4.47. The Labute approximate surface area is 147 Å². The van der Waals surface area contributed by atoms with Gasteiger partial charge in [-0.1, -0.05) is 0 Å². The van der Waals surface area contributed by atoms with E-state index in [1.165, 1.54) is 12.5 Å². The summed E-state index contributed by atoms with van der Waals surface area (Å²) >= 11 is 0. The minimum Gasteiger partial charge on any atom is -0.443 e. The molecule has 1 amide bonds. The number of aryl methyl sites for hydroxylation is 1. The van der Waals surface area contributed by atoms with Crippen molar-refractivity contribution in [1.82, 2.24) is 20.3 Å². The van der Waals surface area contributed by atoms with Crippen LogP contribution < -0.4 is 11.1 Å². The molecular formula is C16H18F3N5O2. The fraction of sp³-hybridized carbons (Fsp3) is 0.500. The van der Waals surface area contributed by atoms with Gasteiger partial charge in [-0.3, -0.25) is 4.79 Å². The monoisotopic (exact) mass is 369 g/mol. The molecule has 0 radical (unpaired) electrons. The molecule has 1 aliphatic carbocycles. The molecule has 0 spiro atoms. The number of anilines is 1. The molecule has 0 saturated heterocycles. The van der Waals surface area contributed by atoms with Gasteiger partial charge in [0.1, 0.15) is 12.0 Å². The molecule has 140 valence electrons. The second-order valence-electron chi connectivity index (χ2n) is 6.29. The van der Waals surface area contributed by atoms with Gasteiger partial charge in [-0.2, -0.15) is 13.2 Å². The number of nitrogens with two attached hydrogens (primary N) is 1. The van der Waals surface area contributed by atoms with Crippen LogP contribution >= 0.6 is 0 Å². The Kier molecular flexibility index (Phi) is 4.84. The predicted octanol–water partition coefficient (Wildman–Crippen LogP) is 2.87. The molecule has 1 fully saturated rings. The maximum atomic E-state index is 12.7. The smallest absolute Gasteiger partial charge is 0.391 e. The lowest BCUT2D eigenvalue weighted by atomic mass is 9.85. The molecule has 0 aromatic carbocycles. The van der Waals surface area contributed by atoms with Crippen molar-refractivity contribution >= 4 is 11.7 Å². The lowest BCUT2D eigenvalue weighted by Gasteiger charge is -2.30. The number of carbonyl (C=O) groups is 1. The van der Waals surface area contributed by atoms with E-state index in [0.717, 1.165) is 0 Å². The van der Waals surface area contributed by atoms with E-state index < -0.39 is 18.0 Å². The van der Waals surface area contributed by atoms with E-state index >= 15 is 0 Å². The van der Waals surface area contributed by atoms with Gasteiger partial charge in [0.2, 0.25) is 5.89 Å². The summed E-state index contributed by atoms with van der Waals surface area (Å²) < 4.78 is 43.3. The van der Waals surface area contributed by atoms with E-state index in [1.54, 1.807) is 6.92 Å². The van der Waals surface area contributed by atoms with Crippen LogP contribution in [0.2, 0.25) is 0 Å². The van der Waals surface area contributed by atoms with Crippen molar-refractivity contribution in [3.63, 3.8) is 0 Å². The van der Waals surface area contributed by atoms with Crippen molar-refractivity contribution < 1.29 is 22.4 Å². The number of nitrogens with one attached hydrogen (secondary N) is 1. The Hall–Kier alpha value is -2.65. The third-order valence-corrected chi connectivity index (χ3v) is 4.47. The molecule has 2 aromatic heterocycles. The SMILES string of the molecule is Cc1nc(C(=O)N[C@H]2CC[C@H](C(F)(F)F)CC2)c(N)nc1-c1ncco1. The second kappa shape index (κ2) is 6.93. The summed E-state index contributed by atoms with van der Waals surface area (Å²) in [5, 5.41) is 2.70. The van der Waals surface area contributed by atoms with Crippen molar-refractivity contribution in [3.05, 3.63) is 23.8 Å². The van der Waals surface area contributed by atoms with E-state index in [2.05, 4.69) is 20.3 Å². The maximum Gasteiger partial charge on any atom is 0.391 e. The van der Waals surface area contributed by atoms with E-state index in [4.69, 9.17) is 10.2 Å². The van der Waals surface area contributed by atoms with Crippen LogP contribution in [0.4, 0.5) is 19.0 Å². The summed E-state index contributed by atoms with van der Waals surface area (Å²) in [7, 11) is 0. The zero-order valence-corrected chi connectivity index (χ0v) is 14.0. The van der Waals surface area contributed by atoms with E-state index in [1.807, 2.05) is 0 Å². The summed E-state index contributed by atoms with van der Waals surface area (Å²) in [6.45, 7) is 1.64. The van der Waals surface area contributed by atoms with Crippen LogP contribution in [0.3, 0.4) is 0 Å². The molecule has 1 saturated carbocycles. The van der Waals surface area contributed by atoms with Gasteiger partial charge >= 0.3 is 6.18 Å². The fourth-order valence-corrected chi connectivity index (χ4v) is 3.06. The van der Waals surface area contributed by atoms with Gasteiger partial charge in [0.15, 0.2) is 11.5 Å². The van der Waals surface area contributed by atoms with Gasteiger partial charge in [0.05, 0.1) is 17.8 Å². The Bertz CT molecular complexity index is 784. The number of alkyl halides is 3. The first kappa shape index (κ1) is 18.2. The number of amides is 1. The van der Waals surface area contributed by atoms with Gasteiger partial charge in [-0.25, -0.2) is 15.0 Å². The van der Waals surface area contributed by atoms with Crippen LogP contribution in [0.5, 0.6) is 0 Å². The molecule has 7 nitrogen and oxygen atoms in total. The summed E-state index contributed by atoms with van der Waals surface area (Å²) in [5.74, 6) is -1.71. The van der Waals surface area contributed by atoms with E-state index in [-0.39, 0.29) is 49.1 Å². The Balaban J connectivity index is 1.68. The molecule has 10 heteroatoms. The molecule has 0 atom stereocenters. The first-order chi connectivity index (χ1) is 12.3. The number of hydrogen-bond donors (Lipinski definition) is 2. The van der Waals surface area contributed by atoms with Crippen LogP contribution in [-0.2, 0) is 0 Å². The topological polar surface area (TPSA) is 107 Å². The van der Waals surface area contributed by atoms with Gasteiger partial charge in [-0.05, 0) is 32.6 Å². The summed E-state index contributed by atoms with van der Waals surface area (Å²) in [5.41, 5.74) is 6.51.